The smallest absolute Gasteiger partial charge is 0.161 e. The largest absolute Gasteiger partial charge is 0.493 e. The van der Waals surface area contributed by atoms with Crippen molar-refractivity contribution in [3.8, 4) is 11.5 Å². The van der Waals surface area contributed by atoms with Crippen LogP contribution in [0, 0.1) is 0 Å². The molecule has 0 saturated carbocycles. The molecular weight excluding hydrogens is 226 g/mol. The summed E-state index contributed by atoms with van der Waals surface area (Å²) >= 11 is 0. The molecule has 0 atom stereocenters. The zero-order valence-electron chi connectivity index (χ0n) is 12.0. The summed E-state index contributed by atoms with van der Waals surface area (Å²) in [6.07, 6.45) is 4.11. The topological polar surface area (TPSA) is 44.5 Å². The Morgan fingerprint density at radius 3 is 2.00 bits per heavy atom. The first-order chi connectivity index (χ1) is 8.61. The lowest BCUT2D eigenvalue weighted by Crippen LogP contribution is -2.36. The van der Waals surface area contributed by atoms with Gasteiger partial charge in [0.1, 0.15) is 0 Å². The third-order valence-corrected chi connectivity index (χ3v) is 3.35. The lowest BCUT2D eigenvalue weighted by atomic mass is 9.82. The molecule has 0 saturated heterocycles. The number of hydrogen-bond acceptors (Lipinski definition) is 3. The van der Waals surface area contributed by atoms with Crippen molar-refractivity contribution in [2.45, 2.75) is 45.1 Å². The molecule has 3 nitrogen and oxygen atoms in total. The lowest BCUT2D eigenvalue weighted by Gasteiger charge is -2.30. The predicted octanol–water partition coefficient (Wildman–Crippen LogP) is 3.46. The van der Waals surface area contributed by atoms with Crippen LogP contribution in [-0.4, -0.2) is 14.2 Å². The maximum Gasteiger partial charge on any atom is 0.161 e. The number of rotatable bonds is 7. The average Bonchev–Trinajstić information content (AvgIpc) is 2.38. The Morgan fingerprint density at radius 2 is 1.56 bits per heavy atom. The molecule has 18 heavy (non-hydrogen) atoms. The van der Waals surface area contributed by atoms with E-state index in [-0.39, 0.29) is 5.54 Å². The van der Waals surface area contributed by atoms with Crippen molar-refractivity contribution in [3.05, 3.63) is 23.8 Å². The Labute approximate surface area is 110 Å². The van der Waals surface area contributed by atoms with Gasteiger partial charge in [0, 0.05) is 5.54 Å². The van der Waals surface area contributed by atoms with E-state index in [1.807, 2.05) is 18.2 Å². The van der Waals surface area contributed by atoms with Crippen LogP contribution < -0.4 is 15.2 Å². The fourth-order valence-electron chi connectivity index (χ4n) is 2.45. The molecule has 0 aliphatic heterocycles. The van der Waals surface area contributed by atoms with E-state index in [9.17, 15) is 0 Å². The second-order valence-electron chi connectivity index (χ2n) is 4.73. The molecule has 1 rings (SSSR count). The van der Waals surface area contributed by atoms with Gasteiger partial charge in [-0.1, -0.05) is 32.8 Å². The Balaban J connectivity index is 3.12. The van der Waals surface area contributed by atoms with Gasteiger partial charge < -0.3 is 15.2 Å². The Bertz CT molecular complexity index is 371. The molecule has 0 aliphatic rings. The number of ether oxygens (including phenoxy) is 2. The monoisotopic (exact) mass is 251 g/mol. The van der Waals surface area contributed by atoms with Gasteiger partial charge in [0.15, 0.2) is 11.5 Å². The van der Waals surface area contributed by atoms with Gasteiger partial charge in [-0.25, -0.2) is 0 Å². The summed E-state index contributed by atoms with van der Waals surface area (Å²) in [6.45, 7) is 4.33. The maximum absolute atomic E-state index is 6.56. The molecule has 0 radical (unpaired) electrons. The molecule has 0 fully saturated rings. The van der Waals surface area contributed by atoms with Crippen LogP contribution in [0.1, 0.15) is 45.1 Å². The molecule has 1 aromatic rings. The molecular formula is C15H25NO2. The van der Waals surface area contributed by atoms with E-state index in [1.54, 1.807) is 14.2 Å². The fraction of sp³-hybridized carbons (Fsp3) is 0.600. The summed E-state index contributed by atoms with van der Waals surface area (Å²) in [5.74, 6) is 1.49. The summed E-state index contributed by atoms with van der Waals surface area (Å²) < 4.78 is 10.6. The van der Waals surface area contributed by atoms with Crippen molar-refractivity contribution in [1.82, 2.24) is 0 Å². The molecule has 0 aromatic heterocycles. The van der Waals surface area contributed by atoms with Gasteiger partial charge >= 0.3 is 0 Å². The molecule has 0 unspecified atom stereocenters. The van der Waals surface area contributed by atoms with Crippen molar-refractivity contribution < 1.29 is 9.47 Å². The summed E-state index contributed by atoms with van der Waals surface area (Å²) in [5.41, 5.74) is 7.43. The van der Waals surface area contributed by atoms with Crippen molar-refractivity contribution >= 4 is 0 Å². The first-order valence-corrected chi connectivity index (χ1v) is 6.62. The van der Waals surface area contributed by atoms with Gasteiger partial charge in [0.2, 0.25) is 0 Å². The zero-order chi connectivity index (χ0) is 13.6. The second kappa shape index (κ2) is 6.64. The number of benzene rings is 1. The lowest BCUT2D eigenvalue weighted by molar-refractivity contribution is 0.344. The van der Waals surface area contributed by atoms with E-state index in [0.717, 1.165) is 42.7 Å². The van der Waals surface area contributed by atoms with Crippen molar-refractivity contribution in [1.29, 1.82) is 0 Å². The normalized spacial score (nSPS) is 11.4. The molecule has 0 bridgehead atoms. The quantitative estimate of drug-likeness (QED) is 0.807. The van der Waals surface area contributed by atoms with Crippen LogP contribution in [0.5, 0.6) is 11.5 Å². The van der Waals surface area contributed by atoms with Crippen LogP contribution in [0.2, 0.25) is 0 Å². The van der Waals surface area contributed by atoms with Gasteiger partial charge in [-0.3, -0.25) is 0 Å². The summed E-state index contributed by atoms with van der Waals surface area (Å²) in [7, 11) is 3.30. The Hall–Kier alpha value is -1.22. The number of methoxy groups -OCH3 is 2. The molecule has 0 aliphatic carbocycles. The standard InChI is InChI=1S/C15H25NO2/c1-5-9-15(16,10-6-2)12-7-8-13(17-3)14(11-12)18-4/h7-8,11H,5-6,9-10,16H2,1-4H3. The summed E-state index contributed by atoms with van der Waals surface area (Å²) in [4.78, 5) is 0. The molecule has 1 aromatic carbocycles. The molecule has 102 valence electrons. The minimum atomic E-state index is -0.261. The van der Waals surface area contributed by atoms with Gasteiger partial charge in [0.05, 0.1) is 14.2 Å². The first kappa shape index (κ1) is 14.8. The van der Waals surface area contributed by atoms with Crippen LogP contribution in [0.15, 0.2) is 18.2 Å². The average molecular weight is 251 g/mol. The minimum absolute atomic E-state index is 0.261. The second-order valence-corrected chi connectivity index (χ2v) is 4.73. The molecule has 3 heteroatoms. The van der Waals surface area contributed by atoms with E-state index in [4.69, 9.17) is 15.2 Å². The van der Waals surface area contributed by atoms with E-state index < -0.39 is 0 Å². The van der Waals surface area contributed by atoms with Crippen molar-refractivity contribution in [3.63, 3.8) is 0 Å². The fourth-order valence-corrected chi connectivity index (χ4v) is 2.45. The highest BCUT2D eigenvalue weighted by atomic mass is 16.5. The highest BCUT2D eigenvalue weighted by Gasteiger charge is 2.26. The molecule has 0 spiro atoms. The van der Waals surface area contributed by atoms with E-state index in [2.05, 4.69) is 13.8 Å². The summed E-state index contributed by atoms with van der Waals surface area (Å²) in [5, 5.41) is 0. The molecule has 0 heterocycles. The van der Waals surface area contributed by atoms with Crippen LogP contribution in [0.3, 0.4) is 0 Å². The van der Waals surface area contributed by atoms with Crippen LogP contribution in [0.4, 0.5) is 0 Å². The van der Waals surface area contributed by atoms with Gasteiger partial charge in [-0.2, -0.15) is 0 Å². The third kappa shape index (κ3) is 3.16. The highest BCUT2D eigenvalue weighted by molar-refractivity contribution is 5.45. The molecule has 2 N–H and O–H groups in total. The SMILES string of the molecule is CCCC(N)(CCC)c1ccc(OC)c(OC)c1. The van der Waals surface area contributed by atoms with Gasteiger partial charge in [-0.05, 0) is 30.5 Å². The van der Waals surface area contributed by atoms with Crippen LogP contribution in [0.25, 0.3) is 0 Å². The van der Waals surface area contributed by atoms with Gasteiger partial charge in [-0.15, -0.1) is 0 Å². The minimum Gasteiger partial charge on any atom is -0.493 e. The predicted molar refractivity (Wildman–Crippen MR) is 75.2 cm³/mol. The number of nitrogens with two attached hydrogens (primary N) is 1. The Kier molecular flexibility index (Phi) is 5.48. The van der Waals surface area contributed by atoms with E-state index in [1.165, 1.54) is 0 Å². The van der Waals surface area contributed by atoms with Crippen LogP contribution >= 0.6 is 0 Å². The van der Waals surface area contributed by atoms with Gasteiger partial charge in [0.25, 0.3) is 0 Å². The van der Waals surface area contributed by atoms with E-state index >= 15 is 0 Å². The van der Waals surface area contributed by atoms with E-state index in [0.29, 0.717) is 0 Å². The van der Waals surface area contributed by atoms with Crippen molar-refractivity contribution in [2.75, 3.05) is 14.2 Å². The Morgan fingerprint density at radius 1 is 1.00 bits per heavy atom. The van der Waals surface area contributed by atoms with Crippen molar-refractivity contribution in [2.24, 2.45) is 5.73 Å². The first-order valence-electron chi connectivity index (χ1n) is 6.62. The third-order valence-electron chi connectivity index (χ3n) is 3.35. The highest BCUT2D eigenvalue weighted by Crippen LogP contribution is 2.35. The maximum atomic E-state index is 6.56. The van der Waals surface area contributed by atoms with Crippen LogP contribution in [-0.2, 0) is 5.54 Å². The number of hydrogen-bond donors (Lipinski definition) is 1. The zero-order valence-corrected chi connectivity index (χ0v) is 12.0. The molecule has 0 amide bonds. The summed E-state index contributed by atoms with van der Waals surface area (Å²) in [6, 6.07) is 5.98.